The Labute approximate surface area is 196 Å². The van der Waals surface area contributed by atoms with E-state index >= 15 is 0 Å². The van der Waals surface area contributed by atoms with Gasteiger partial charge in [-0.05, 0) is 22.5 Å². The van der Waals surface area contributed by atoms with Crippen LogP contribution in [0, 0.1) is 5.92 Å². The second-order valence-electron chi connectivity index (χ2n) is 10.9. The van der Waals surface area contributed by atoms with Gasteiger partial charge < -0.3 is 19.6 Å². The molecule has 10 heteroatoms. The maximum Gasteiger partial charge on any atom is 0.280 e. The van der Waals surface area contributed by atoms with Gasteiger partial charge in [-0.15, -0.1) is 0 Å². The lowest BCUT2D eigenvalue weighted by molar-refractivity contribution is -0.109. The number of anilines is 1. The molecule has 0 radical (unpaired) electrons. The van der Waals surface area contributed by atoms with Crippen LogP contribution in [-0.2, 0) is 9.16 Å². The number of H-pyrrole nitrogens is 1. The fourth-order valence-electron chi connectivity index (χ4n) is 5.91. The third-order valence-electron chi connectivity index (χ3n) is 7.30. The number of hydrogen-bond donors (Lipinski definition) is 3. The summed E-state index contributed by atoms with van der Waals surface area (Å²) < 4.78 is 15.1. The molecule has 33 heavy (non-hydrogen) atoms. The molecule has 2 aromatic rings. The number of hydrogen-bond acceptors (Lipinski definition) is 7. The van der Waals surface area contributed by atoms with Crippen LogP contribution in [0.15, 0.2) is 4.79 Å². The first-order valence-electron chi connectivity index (χ1n) is 12.2. The number of aliphatic hydroxyl groups excluding tert-OH is 1. The van der Waals surface area contributed by atoms with Crippen molar-refractivity contribution < 1.29 is 14.3 Å². The predicted molar refractivity (Wildman–Crippen MR) is 131 cm³/mol. The highest BCUT2D eigenvalue weighted by Crippen LogP contribution is 2.49. The van der Waals surface area contributed by atoms with E-state index in [1.54, 1.807) is 4.57 Å². The molecule has 2 aliphatic rings. The second-order valence-corrected chi connectivity index (χ2v) is 16.3. The Balaban J connectivity index is 1.70. The van der Waals surface area contributed by atoms with Crippen LogP contribution >= 0.6 is 0 Å². The first-order valence-corrected chi connectivity index (χ1v) is 14.4. The summed E-state index contributed by atoms with van der Waals surface area (Å²) in [6.45, 7) is 18.4. The number of nitrogens with one attached hydrogen (secondary N) is 2. The minimum atomic E-state index is -2.16. The number of imidazole rings is 1. The maximum atomic E-state index is 12.7. The average molecular weight is 478 g/mol. The predicted octanol–water partition coefficient (Wildman–Crippen LogP) is 4.08. The topological polar surface area (TPSA) is 114 Å². The molecule has 0 aliphatic carbocycles. The van der Waals surface area contributed by atoms with Crippen LogP contribution in [0.25, 0.3) is 11.2 Å². The van der Waals surface area contributed by atoms with E-state index in [1.807, 2.05) is 0 Å². The highest BCUT2D eigenvalue weighted by atomic mass is 28.4. The van der Waals surface area contributed by atoms with Crippen LogP contribution in [0.2, 0.25) is 16.6 Å². The highest BCUT2D eigenvalue weighted by Gasteiger charge is 2.54. The van der Waals surface area contributed by atoms with Crippen molar-refractivity contribution in [2.75, 3.05) is 11.9 Å². The van der Waals surface area contributed by atoms with Crippen molar-refractivity contribution in [2.24, 2.45) is 5.92 Å². The zero-order valence-electron chi connectivity index (χ0n) is 21.0. The molecule has 4 atom stereocenters. The van der Waals surface area contributed by atoms with Gasteiger partial charge in [0.15, 0.2) is 11.2 Å². The van der Waals surface area contributed by atoms with E-state index in [9.17, 15) is 9.90 Å². The maximum absolute atomic E-state index is 12.7. The van der Waals surface area contributed by atoms with Gasteiger partial charge >= 0.3 is 0 Å². The van der Waals surface area contributed by atoms with Gasteiger partial charge in [0, 0.05) is 13.0 Å². The molecule has 3 N–H and O–H groups in total. The molecule has 0 saturated carbocycles. The standard InChI is InChI=1S/C23H39N5O4Si/c1-11(2)10-24-23-26-20-17(22(30)27-23)25-21-18(29)19-15(9-16(31-19)28(20)21)32-33(12(3)4,13(5)6)14(7)8/h11-16,18-19,29H,9-10H2,1-8H3,(H2,24,26,27,30)/t15-,16+,18-,19-/m0/s1. The Kier molecular flexibility index (Phi) is 6.49. The van der Waals surface area contributed by atoms with Crippen molar-refractivity contribution >= 4 is 25.4 Å². The van der Waals surface area contributed by atoms with Crippen LogP contribution in [-0.4, -0.2) is 51.7 Å². The van der Waals surface area contributed by atoms with Crippen molar-refractivity contribution in [3.63, 3.8) is 0 Å². The lowest BCUT2D eigenvalue weighted by Crippen LogP contribution is -2.52. The fraction of sp³-hybridized carbons (Fsp3) is 0.783. The number of fused-ring (bicyclic) bond motifs is 6. The molecule has 0 aromatic carbocycles. The summed E-state index contributed by atoms with van der Waals surface area (Å²) in [4.78, 5) is 24.6. The number of rotatable bonds is 8. The number of aliphatic hydroxyl groups is 1. The lowest BCUT2D eigenvalue weighted by Gasteiger charge is -2.44. The van der Waals surface area contributed by atoms with E-state index in [0.29, 0.717) is 52.9 Å². The van der Waals surface area contributed by atoms with Crippen molar-refractivity contribution in [2.45, 2.75) is 103 Å². The monoisotopic (exact) mass is 477 g/mol. The average Bonchev–Trinajstić information content (AvgIpc) is 3.28. The van der Waals surface area contributed by atoms with E-state index < -0.39 is 20.5 Å². The smallest absolute Gasteiger partial charge is 0.280 e. The quantitative estimate of drug-likeness (QED) is 0.491. The molecular formula is C23H39N5O4Si. The van der Waals surface area contributed by atoms with Crippen LogP contribution < -0.4 is 10.9 Å². The Hall–Kier alpha value is -1.75. The number of aromatic nitrogens is 4. The molecule has 1 saturated heterocycles. The van der Waals surface area contributed by atoms with Gasteiger partial charge in [-0.3, -0.25) is 14.3 Å². The molecule has 2 aromatic heterocycles. The molecule has 184 valence electrons. The van der Waals surface area contributed by atoms with Gasteiger partial charge in [-0.25, -0.2) is 4.98 Å². The Morgan fingerprint density at radius 1 is 1.15 bits per heavy atom. The first kappa shape index (κ1) is 24.4. The molecule has 1 fully saturated rings. The molecule has 2 bridgehead atoms. The molecule has 4 heterocycles. The second kappa shape index (κ2) is 8.79. The van der Waals surface area contributed by atoms with Gasteiger partial charge in [0.05, 0.1) is 6.10 Å². The number of aromatic amines is 1. The Morgan fingerprint density at radius 2 is 1.79 bits per heavy atom. The molecule has 2 aliphatic heterocycles. The minimum Gasteiger partial charge on any atom is -0.410 e. The van der Waals surface area contributed by atoms with Crippen molar-refractivity contribution in [3.8, 4) is 0 Å². The SMILES string of the molecule is CC(C)CNc1nc2c(nc3n2[C@H]2C[C@H](O[Si](C(C)C)(C(C)C)C(C)C)[C@H](O2)[C@@H]3O)c(=O)[nH]1. The van der Waals surface area contributed by atoms with Gasteiger partial charge in [0.2, 0.25) is 14.3 Å². The van der Waals surface area contributed by atoms with Gasteiger partial charge in [-0.2, -0.15) is 4.98 Å². The summed E-state index contributed by atoms with van der Waals surface area (Å²) in [6, 6.07) is 0. The lowest BCUT2D eigenvalue weighted by atomic mass is 10.1. The summed E-state index contributed by atoms with van der Waals surface area (Å²) in [5.41, 5.74) is 1.63. The molecule has 0 spiro atoms. The third-order valence-corrected chi connectivity index (χ3v) is 13.4. The molecule has 9 nitrogen and oxygen atoms in total. The normalized spacial score (nSPS) is 25.1. The van der Waals surface area contributed by atoms with Crippen molar-refractivity contribution in [1.29, 1.82) is 0 Å². The van der Waals surface area contributed by atoms with Crippen LogP contribution in [0.4, 0.5) is 5.95 Å². The zero-order valence-corrected chi connectivity index (χ0v) is 22.0. The highest BCUT2D eigenvalue weighted by molar-refractivity contribution is 6.77. The van der Waals surface area contributed by atoms with Crippen LogP contribution in [0.5, 0.6) is 0 Å². The van der Waals surface area contributed by atoms with E-state index in [2.05, 4.69) is 75.7 Å². The molecule has 0 amide bonds. The molecule has 4 rings (SSSR count). The van der Waals surface area contributed by atoms with Gasteiger partial charge in [-0.1, -0.05) is 55.4 Å². The van der Waals surface area contributed by atoms with E-state index in [-0.39, 0.29) is 23.4 Å². The van der Waals surface area contributed by atoms with Gasteiger partial charge in [0.1, 0.15) is 24.3 Å². The molecule has 0 unspecified atom stereocenters. The van der Waals surface area contributed by atoms with Crippen molar-refractivity contribution in [1.82, 2.24) is 19.5 Å². The summed E-state index contributed by atoms with van der Waals surface area (Å²) in [7, 11) is -2.16. The Bertz CT molecular complexity index is 1040. The largest absolute Gasteiger partial charge is 0.410 e. The summed E-state index contributed by atoms with van der Waals surface area (Å²) in [5.74, 6) is 1.23. The summed E-state index contributed by atoms with van der Waals surface area (Å²) in [6.07, 6.45) is -1.47. The number of nitrogens with zero attached hydrogens (tertiary/aromatic N) is 3. The zero-order chi connectivity index (χ0) is 24.2. The number of ether oxygens (including phenoxy) is 1. The van der Waals surface area contributed by atoms with E-state index in [0.717, 1.165) is 0 Å². The van der Waals surface area contributed by atoms with Crippen LogP contribution in [0.1, 0.15) is 80.0 Å². The first-order chi connectivity index (χ1) is 15.5. The van der Waals surface area contributed by atoms with Crippen LogP contribution in [0.3, 0.4) is 0 Å². The Morgan fingerprint density at radius 3 is 2.36 bits per heavy atom. The van der Waals surface area contributed by atoms with E-state index in [4.69, 9.17) is 9.16 Å². The fourth-order valence-corrected chi connectivity index (χ4v) is 11.5. The van der Waals surface area contributed by atoms with E-state index in [1.165, 1.54) is 0 Å². The minimum absolute atomic E-state index is 0.221. The molecular weight excluding hydrogens is 438 g/mol. The van der Waals surface area contributed by atoms with Crippen molar-refractivity contribution in [3.05, 3.63) is 16.2 Å². The third kappa shape index (κ3) is 3.94. The summed E-state index contributed by atoms with van der Waals surface area (Å²) >= 11 is 0. The summed E-state index contributed by atoms with van der Waals surface area (Å²) in [5, 5.41) is 14.4. The van der Waals surface area contributed by atoms with Gasteiger partial charge in [0.25, 0.3) is 5.56 Å².